The Balaban J connectivity index is 2.23. The van der Waals surface area contributed by atoms with Crippen LogP contribution in [0.1, 0.15) is 19.7 Å². The molecule has 2 aromatic rings. The standard InChI is InChI=1S/C13H13F3N2O/c1-7(2)17-6-12-18-5-11(19-12)8-3-9(14)13(16)10(15)4-8/h3-5,7,17H,6H2,1-2H3. The Kier molecular flexibility index (Phi) is 3.90. The molecule has 0 fully saturated rings. The fraction of sp³-hybridized carbons (Fsp3) is 0.308. The van der Waals surface area contributed by atoms with Crippen LogP contribution in [0, 0.1) is 17.5 Å². The van der Waals surface area contributed by atoms with Crippen molar-refractivity contribution < 1.29 is 17.6 Å². The Labute approximate surface area is 108 Å². The number of nitrogens with one attached hydrogen (secondary N) is 1. The summed E-state index contributed by atoms with van der Waals surface area (Å²) < 4.78 is 44.4. The fourth-order valence-corrected chi connectivity index (χ4v) is 1.51. The molecule has 0 saturated carbocycles. The summed E-state index contributed by atoms with van der Waals surface area (Å²) in [5.74, 6) is -3.42. The van der Waals surface area contributed by atoms with Crippen LogP contribution >= 0.6 is 0 Å². The minimum Gasteiger partial charge on any atom is -0.439 e. The number of oxazole rings is 1. The third-order valence-electron chi connectivity index (χ3n) is 2.48. The number of hydrogen-bond acceptors (Lipinski definition) is 3. The van der Waals surface area contributed by atoms with Gasteiger partial charge in [0.15, 0.2) is 23.2 Å². The minimum absolute atomic E-state index is 0.111. The first-order valence-electron chi connectivity index (χ1n) is 5.80. The lowest BCUT2D eigenvalue weighted by Gasteiger charge is -2.04. The van der Waals surface area contributed by atoms with Crippen molar-refractivity contribution >= 4 is 0 Å². The molecule has 0 amide bonds. The fourth-order valence-electron chi connectivity index (χ4n) is 1.51. The highest BCUT2D eigenvalue weighted by molar-refractivity contribution is 5.56. The highest BCUT2D eigenvalue weighted by atomic mass is 19.2. The highest BCUT2D eigenvalue weighted by Gasteiger charge is 2.14. The van der Waals surface area contributed by atoms with Gasteiger partial charge in [-0.15, -0.1) is 0 Å². The van der Waals surface area contributed by atoms with Crippen molar-refractivity contribution in [1.82, 2.24) is 10.3 Å². The van der Waals surface area contributed by atoms with Gasteiger partial charge in [0, 0.05) is 11.6 Å². The molecule has 1 aromatic heterocycles. The summed E-state index contributed by atoms with van der Waals surface area (Å²) >= 11 is 0. The Morgan fingerprint density at radius 1 is 1.21 bits per heavy atom. The molecule has 1 N–H and O–H groups in total. The topological polar surface area (TPSA) is 38.1 Å². The second-order valence-corrected chi connectivity index (χ2v) is 4.41. The molecule has 6 heteroatoms. The first-order chi connectivity index (χ1) is 8.97. The first kappa shape index (κ1) is 13.6. The molecule has 19 heavy (non-hydrogen) atoms. The van der Waals surface area contributed by atoms with E-state index in [1.807, 2.05) is 13.8 Å². The van der Waals surface area contributed by atoms with Gasteiger partial charge in [-0.2, -0.15) is 0 Å². The molecule has 0 bridgehead atoms. The van der Waals surface area contributed by atoms with Gasteiger partial charge < -0.3 is 9.73 Å². The van der Waals surface area contributed by atoms with Crippen LogP contribution < -0.4 is 5.32 Å². The lowest BCUT2D eigenvalue weighted by Crippen LogP contribution is -2.21. The van der Waals surface area contributed by atoms with Gasteiger partial charge in [0.25, 0.3) is 0 Å². The summed E-state index contributed by atoms with van der Waals surface area (Å²) in [5.41, 5.74) is 0.111. The van der Waals surface area contributed by atoms with Gasteiger partial charge in [0.1, 0.15) is 0 Å². The second-order valence-electron chi connectivity index (χ2n) is 4.41. The molecule has 1 heterocycles. The zero-order valence-electron chi connectivity index (χ0n) is 10.5. The molecule has 2 rings (SSSR count). The van der Waals surface area contributed by atoms with Gasteiger partial charge in [-0.05, 0) is 12.1 Å². The number of hydrogen-bond donors (Lipinski definition) is 1. The number of rotatable bonds is 4. The number of nitrogens with zero attached hydrogens (tertiary/aromatic N) is 1. The summed E-state index contributed by atoms with van der Waals surface area (Å²) in [6.45, 7) is 4.34. The van der Waals surface area contributed by atoms with Crippen LogP contribution in [-0.4, -0.2) is 11.0 Å². The summed E-state index contributed by atoms with van der Waals surface area (Å²) in [5, 5.41) is 3.09. The SMILES string of the molecule is CC(C)NCc1ncc(-c2cc(F)c(F)c(F)c2)o1. The smallest absolute Gasteiger partial charge is 0.208 e. The third kappa shape index (κ3) is 3.14. The van der Waals surface area contributed by atoms with Crippen LogP contribution in [0.4, 0.5) is 13.2 Å². The van der Waals surface area contributed by atoms with E-state index >= 15 is 0 Å². The molecule has 0 aliphatic carbocycles. The van der Waals surface area contributed by atoms with E-state index in [1.165, 1.54) is 6.20 Å². The maximum Gasteiger partial charge on any atom is 0.208 e. The molecule has 1 aromatic carbocycles. The van der Waals surface area contributed by atoms with Crippen LogP contribution in [0.25, 0.3) is 11.3 Å². The molecule has 102 valence electrons. The van der Waals surface area contributed by atoms with Crippen molar-refractivity contribution in [1.29, 1.82) is 0 Å². The molecule has 0 unspecified atom stereocenters. The van der Waals surface area contributed by atoms with Crippen LogP contribution in [-0.2, 0) is 6.54 Å². The zero-order chi connectivity index (χ0) is 14.0. The molecule has 0 radical (unpaired) electrons. The Morgan fingerprint density at radius 3 is 2.42 bits per heavy atom. The van der Waals surface area contributed by atoms with Crippen molar-refractivity contribution in [3.8, 4) is 11.3 Å². The predicted octanol–water partition coefficient (Wildman–Crippen LogP) is 3.26. The van der Waals surface area contributed by atoms with E-state index in [1.54, 1.807) is 0 Å². The number of benzene rings is 1. The number of aromatic nitrogens is 1. The lowest BCUT2D eigenvalue weighted by atomic mass is 10.1. The van der Waals surface area contributed by atoms with E-state index < -0.39 is 17.5 Å². The van der Waals surface area contributed by atoms with E-state index in [2.05, 4.69) is 10.3 Å². The van der Waals surface area contributed by atoms with Crippen LogP contribution in [0.15, 0.2) is 22.7 Å². The van der Waals surface area contributed by atoms with Crippen molar-refractivity contribution in [2.45, 2.75) is 26.4 Å². The first-order valence-corrected chi connectivity index (χ1v) is 5.80. The minimum atomic E-state index is -1.50. The van der Waals surface area contributed by atoms with Gasteiger partial charge in [0.05, 0.1) is 12.7 Å². The highest BCUT2D eigenvalue weighted by Crippen LogP contribution is 2.24. The van der Waals surface area contributed by atoms with Crippen molar-refractivity contribution in [2.75, 3.05) is 0 Å². The summed E-state index contributed by atoms with van der Waals surface area (Å²) in [6, 6.07) is 2.01. The zero-order valence-corrected chi connectivity index (χ0v) is 10.5. The molecule has 0 saturated heterocycles. The van der Waals surface area contributed by atoms with E-state index in [0.29, 0.717) is 12.4 Å². The van der Waals surface area contributed by atoms with Crippen LogP contribution in [0.2, 0.25) is 0 Å². The number of halogens is 3. The average Bonchev–Trinajstić information content (AvgIpc) is 2.81. The average molecular weight is 270 g/mol. The second kappa shape index (κ2) is 5.44. The van der Waals surface area contributed by atoms with E-state index in [-0.39, 0.29) is 17.4 Å². The van der Waals surface area contributed by atoms with E-state index in [4.69, 9.17) is 4.42 Å². The van der Waals surface area contributed by atoms with Gasteiger partial charge in [-0.3, -0.25) is 0 Å². The molecule has 0 aliphatic heterocycles. The quantitative estimate of drug-likeness (QED) is 0.867. The molecule has 0 spiro atoms. The van der Waals surface area contributed by atoms with Crippen LogP contribution in [0.3, 0.4) is 0 Å². The Hall–Kier alpha value is -1.82. The summed E-state index contributed by atoms with van der Waals surface area (Å²) in [6.07, 6.45) is 1.35. The molecular weight excluding hydrogens is 257 g/mol. The molecule has 0 atom stereocenters. The summed E-state index contributed by atoms with van der Waals surface area (Å²) in [7, 11) is 0. The monoisotopic (exact) mass is 270 g/mol. The normalized spacial score (nSPS) is 11.3. The van der Waals surface area contributed by atoms with Gasteiger partial charge >= 0.3 is 0 Å². The van der Waals surface area contributed by atoms with Crippen LogP contribution in [0.5, 0.6) is 0 Å². The molecular formula is C13H13F3N2O. The van der Waals surface area contributed by atoms with Gasteiger partial charge in [-0.25, -0.2) is 18.2 Å². The third-order valence-corrected chi connectivity index (χ3v) is 2.48. The summed E-state index contributed by atoms with van der Waals surface area (Å²) in [4.78, 5) is 3.98. The maximum absolute atomic E-state index is 13.1. The Morgan fingerprint density at radius 2 is 1.84 bits per heavy atom. The molecule has 3 nitrogen and oxygen atoms in total. The van der Waals surface area contributed by atoms with E-state index in [0.717, 1.165) is 12.1 Å². The van der Waals surface area contributed by atoms with E-state index in [9.17, 15) is 13.2 Å². The van der Waals surface area contributed by atoms with Crippen molar-refractivity contribution in [2.24, 2.45) is 0 Å². The van der Waals surface area contributed by atoms with Crippen molar-refractivity contribution in [3.05, 3.63) is 41.7 Å². The van der Waals surface area contributed by atoms with Gasteiger partial charge in [0.2, 0.25) is 5.89 Å². The van der Waals surface area contributed by atoms with Gasteiger partial charge in [-0.1, -0.05) is 13.8 Å². The largest absolute Gasteiger partial charge is 0.439 e. The predicted molar refractivity (Wildman–Crippen MR) is 63.8 cm³/mol. The lowest BCUT2D eigenvalue weighted by molar-refractivity contribution is 0.443. The molecule has 0 aliphatic rings. The Bertz CT molecular complexity index is 558. The van der Waals surface area contributed by atoms with Crippen molar-refractivity contribution in [3.63, 3.8) is 0 Å². The maximum atomic E-state index is 13.1.